The molecule has 2 N–H and O–H groups in total. The molecule has 0 saturated carbocycles. The van der Waals surface area contributed by atoms with E-state index in [9.17, 15) is 9.90 Å². The summed E-state index contributed by atoms with van der Waals surface area (Å²) in [6, 6.07) is 8.45. The minimum absolute atomic E-state index is 0.153. The molecule has 100 valence electrons. The van der Waals surface area contributed by atoms with Gasteiger partial charge in [0.05, 0.1) is 12.6 Å². The SMILES string of the molecule is CC(C(=O)N[C@H](CO)c1ccccc1)n1cncn1. The lowest BCUT2D eigenvalue weighted by Gasteiger charge is -2.19. The van der Waals surface area contributed by atoms with E-state index >= 15 is 0 Å². The average Bonchev–Trinajstić information content (AvgIpc) is 2.98. The van der Waals surface area contributed by atoms with Gasteiger partial charge in [0.1, 0.15) is 18.7 Å². The molecule has 1 heterocycles. The zero-order chi connectivity index (χ0) is 13.7. The maximum atomic E-state index is 12.1. The second-order valence-electron chi connectivity index (χ2n) is 4.21. The third-order valence-electron chi connectivity index (χ3n) is 2.91. The standard InChI is InChI=1S/C13H16N4O2/c1-10(17-9-14-8-15-17)13(19)16-12(7-18)11-5-3-2-4-6-11/h2-6,8-10,12,18H,7H2,1H3,(H,16,19)/t10?,12-/m1/s1. The van der Waals surface area contributed by atoms with Crippen molar-refractivity contribution >= 4 is 5.91 Å². The summed E-state index contributed by atoms with van der Waals surface area (Å²) in [4.78, 5) is 15.9. The van der Waals surface area contributed by atoms with Crippen LogP contribution < -0.4 is 5.32 Å². The number of nitrogens with zero attached hydrogens (tertiary/aromatic N) is 3. The Balaban J connectivity index is 2.05. The van der Waals surface area contributed by atoms with Gasteiger partial charge in [0, 0.05) is 0 Å². The molecule has 2 aromatic rings. The number of rotatable bonds is 5. The number of hydrogen-bond acceptors (Lipinski definition) is 4. The van der Waals surface area contributed by atoms with Crippen LogP contribution in [0.1, 0.15) is 24.6 Å². The lowest BCUT2D eigenvalue weighted by molar-refractivity contribution is -0.125. The molecule has 2 atom stereocenters. The molecule has 6 nitrogen and oxygen atoms in total. The number of aromatic nitrogens is 3. The number of nitrogens with one attached hydrogen (secondary N) is 1. The first-order chi connectivity index (χ1) is 9.22. The van der Waals surface area contributed by atoms with Crippen LogP contribution in [0.4, 0.5) is 0 Å². The van der Waals surface area contributed by atoms with Crippen molar-refractivity contribution in [3.8, 4) is 0 Å². The van der Waals surface area contributed by atoms with Crippen LogP contribution in [0, 0.1) is 0 Å². The molecule has 1 unspecified atom stereocenters. The Morgan fingerprint density at radius 2 is 2.16 bits per heavy atom. The monoisotopic (exact) mass is 260 g/mol. The molecule has 0 bridgehead atoms. The van der Waals surface area contributed by atoms with E-state index in [-0.39, 0.29) is 12.5 Å². The molecule has 2 rings (SSSR count). The first-order valence-electron chi connectivity index (χ1n) is 6.02. The number of carbonyl (C=O) groups is 1. The highest BCUT2D eigenvalue weighted by Gasteiger charge is 2.19. The normalized spacial score (nSPS) is 13.8. The van der Waals surface area contributed by atoms with Crippen LogP contribution >= 0.6 is 0 Å². The van der Waals surface area contributed by atoms with Crippen LogP contribution in [0.5, 0.6) is 0 Å². The quantitative estimate of drug-likeness (QED) is 0.829. The molecule has 1 aromatic carbocycles. The molecule has 6 heteroatoms. The van der Waals surface area contributed by atoms with Crippen molar-refractivity contribution in [2.75, 3.05) is 6.61 Å². The lowest BCUT2D eigenvalue weighted by atomic mass is 10.1. The van der Waals surface area contributed by atoms with Gasteiger partial charge in [0.25, 0.3) is 0 Å². The average molecular weight is 260 g/mol. The van der Waals surface area contributed by atoms with Crippen molar-refractivity contribution < 1.29 is 9.90 Å². The van der Waals surface area contributed by atoms with Gasteiger partial charge >= 0.3 is 0 Å². The number of benzene rings is 1. The Morgan fingerprint density at radius 1 is 1.42 bits per heavy atom. The number of amides is 1. The van der Waals surface area contributed by atoms with Gasteiger partial charge in [-0.05, 0) is 12.5 Å². The van der Waals surface area contributed by atoms with E-state index in [1.54, 1.807) is 6.92 Å². The first kappa shape index (κ1) is 13.2. The fraction of sp³-hybridized carbons (Fsp3) is 0.308. The Bertz CT molecular complexity index is 513. The molecule has 0 saturated heterocycles. The van der Waals surface area contributed by atoms with Crippen LogP contribution in [-0.2, 0) is 4.79 Å². The summed E-state index contributed by atoms with van der Waals surface area (Å²) in [5.41, 5.74) is 0.865. The fourth-order valence-corrected chi connectivity index (χ4v) is 1.75. The Kier molecular flexibility index (Phi) is 4.25. The number of carbonyl (C=O) groups excluding carboxylic acids is 1. The molecule has 1 amide bonds. The molecule has 0 spiro atoms. The van der Waals surface area contributed by atoms with Crippen LogP contribution in [0.3, 0.4) is 0 Å². The second kappa shape index (κ2) is 6.10. The summed E-state index contributed by atoms with van der Waals surface area (Å²) < 4.78 is 1.47. The largest absolute Gasteiger partial charge is 0.394 e. The van der Waals surface area contributed by atoms with E-state index in [0.29, 0.717) is 0 Å². The molecule has 0 aliphatic heterocycles. The van der Waals surface area contributed by atoms with Crippen LogP contribution in [0.15, 0.2) is 43.0 Å². The van der Waals surface area contributed by atoms with Crippen LogP contribution in [0.2, 0.25) is 0 Å². The van der Waals surface area contributed by atoms with Crippen molar-refractivity contribution in [1.29, 1.82) is 0 Å². The fourth-order valence-electron chi connectivity index (χ4n) is 1.75. The van der Waals surface area contributed by atoms with Crippen molar-refractivity contribution in [2.45, 2.75) is 19.0 Å². The van der Waals surface area contributed by atoms with Gasteiger partial charge < -0.3 is 10.4 Å². The summed E-state index contributed by atoms with van der Waals surface area (Å²) in [5.74, 6) is -0.214. The lowest BCUT2D eigenvalue weighted by Crippen LogP contribution is -2.35. The van der Waals surface area contributed by atoms with Gasteiger partial charge in [-0.15, -0.1) is 0 Å². The van der Waals surface area contributed by atoms with E-state index in [0.717, 1.165) is 5.56 Å². The summed E-state index contributed by atoms with van der Waals surface area (Å²) in [6.07, 6.45) is 2.87. The minimum Gasteiger partial charge on any atom is -0.394 e. The number of aliphatic hydroxyl groups excluding tert-OH is 1. The molecule has 0 radical (unpaired) electrons. The van der Waals surface area contributed by atoms with Gasteiger partial charge in [0.15, 0.2) is 0 Å². The van der Waals surface area contributed by atoms with E-state index in [2.05, 4.69) is 15.4 Å². The van der Waals surface area contributed by atoms with Crippen molar-refractivity contribution in [3.63, 3.8) is 0 Å². The highest BCUT2D eigenvalue weighted by Crippen LogP contribution is 2.13. The second-order valence-corrected chi connectivity index (χ2v) is 4.21. The van der Waals surface area contributed by atoms with E-state index in [1.165, 1.54) is 17.3 Å². The predicted molar refractivity (Wildman–Crippen MR) is 69.1 cm³/mol. The summed E-state index contributed by atoms with van der Waals surface area (Å²) in [6.45, 7) is 1.57. The zero-order valence-electron chi connectivity index (χ0n) is 10.6. The van der Waals surface area contributed by atoms with Gasteiger partial charge in [-0.2, -0.15) is 5.10 Å². The van der Waals surface area contributed by atoms with E-state index in [4.69, 9.17) is 0 Å². The topological polar surface area (TPSA) is 80.0 Å². The number of hydrogen-bond donors (Lipinski definition) is 2. The van der Waals surface area contributed by atoms with Crippen molar-refractivity contribution in [1.82, 2.24) is 20.1 Å². The third kappa shape index (κ3) is 3.17. The molecule has 0 aliphatic rings. The van der Waals surface area contributed by atoms with Crippen LogP contribution in [0.25, 0.3) is 0 Å². The summed E-state index contributed by atoms with van der Waals surface area (Å²) in [7, 11) is 0. The highest BCUT2D eigenvalue weighted by atomic mass is 16.3. The first-order valence-corrected chi connectivity index (χ1v) is 6.02. The van der Waals surface area contributed by atoms with Gasteiger partial charge in [-0.25, -0.2) is 9.67 Å². The third-order valence-corrected chi connectivity index (χ3v) is 2.91. The van der Waals surface area contributed by atoms with Gasteiger partial charge in [0.2, 0.25) is 5.91 Å². The Labute approximate surface area is 111 Å². The Hall–Kier alpha value is -2.21. The molecule has 0 aliphatic carbocycles. The molecular formula is C13H16N4O2. The summed E-state index contributed by atoms with van der Waals surface area (Å²) in [5, 5.41) is 16.1. The maximum absolute atomic E-state index is 12.1. The molecule has 0 fully saturated rings. The van der Waals surface area contributed by atoms with Crippen molar-refractivity contribution in [2.24, 2.45) is 0 Å². The maximum Gasteiger partial charge on any atom is 0.245 e. The highest BCUT2D eigenvalue weighted by molar-refractivity contribution is 5.80. The van der Waals surface area contributed by atoms with Gasteiger partial charge in [-0.3, -0.25) is 4.79 Å². The number of aliphatic hydroxyl groups is 1. The van der Waals surface area contributed by atoms with Crippen LogP contribution in [-0.4, -0.2) is 32.4 Å². The molecule has 1 aromatic heterocycles. The minimum atomic E-state index is -0.472. The molecule has 19 heavy (non-hydrogen) atoms. The molecular weight excluding hydrogens is 244 g/mol. The van der Waals surface area contributed by atoms with Crippen molar-refractivity contribution in [3.05, 3.63) is 48.5 Å². The smallest absolute Gasteiger partial charge is 0.245 e. The Morgan fingerprint density at radius 3 is 2.74 bits per heavy atom. The van der Waals surface area contributed by atoms with E-state index < -0.39 is 12.1 Å². The zero-order valence-corrected chi connectivity index (χ0v) is 10.6. The van der Waals surface area contributed by atoms with Gasteiger partial charge in [-0.1, -0.05) is 30.3 Å². The summed E-state index contributed by atoms with van der Waals surface area (Å²) >= 11 is 0. The predicted octanol–water partition coefficient (Wildman–Crippen LogP) is 0.689. The van der Waals surface area contributed by atoms with E-state index in [1.807, 2.05) is 30.3 Å².